The van der Waals surface area contributed by atoms with Crippen LogP contribution in [0, 0.1) is 0 Å². The van der Waals surface area contributed by atoms with Crippen molar-refractivity contribution in [2.75, 3.05) is 14.2 Å². The second kappa shape index (κ2) is 5.63. The topological polar surface area (TPSA) is 61.8 Å². The first kappa shape index (κ1) is 18.5. The summed E-state index contributed by atoms with van der Waals surface area (Å²) in [5, 5.41) is -0.0800. The molecule has 0 fully saturated rings. The van der Waals surface area contributed by atoms with Crippen LogP contribution in [0.3, 0.4) is 0 Å². The largest absolute Gasteiger partial charge is 0.411 e. The van der Waals surface area contributed by atoms with Gasteiger partial charge in [-0.05, 0) is 16.8 Å². The molecule has 0 aromatic heterocycles. The highest BCUT2D eigenvalue weighted by molar-refractivity contribution is 7.68. The summed E-state index contributed by atoms with van der Waals surface area (Å²) >= 11 is 0. The molecule has 2 heterocycles. The molecule has 0 spiro atoms. The summed E-state index contributed by atoms with van der Waals surface area (Å²) in [4.78, 5) is 0. The molecule has 0 radical (unpaired) electrons. The van der Waals surface area contributed by atoms with Gasteiger partial charge in [-0.1, -0.05) is 30.3 Å². The van der Waals surface area contributed by atoms with Gasteiger partial charge in [-0.2, -0.15) is 17.6 Å². The Morgan fingerprint density at radius 1 is 0.920 bits per heavy atom. The van der Waals surface area contributed by atoms with Crippen molar-refractivity contribution in [3.8, 4) is 0 Å². The molecule has 4 bridgehead atoms. The fourth-order valence-corrected chi connectivity index (χ4v) is 6.47. The smallest absolute Gasteiger partial charge is 0.307 e. The number of hydrogen-bond donors (Lipinski definition) is 0. The van der Waals surface area contributed by atoms with Crippen LogP contribution in [0.4, 0.5) is 17.6 Å². The standard InChI is InChI=1S/C14H12F4O5P2/c1-21-24(19)13(15,16)10-6-7-11-9(8-10)4-3-5-12(11)14(17,18)25(20,22-2)23-24/h3-8H,1-2H3. The third kappa shape index (κ3) is 2.41. The van der Waals surface area contributed by atoms with Gasteiger partial charge in [-0.3, -0.25) is 9.13 Å². The van der Waals surface area contributed by atoms with E-state index in [-0.39, 0.29) is 10.8 Å². The molecule has 0 aliphatic carbocycles. The zero-order valence-electron chi connectivity index (χ0n) is 12.9. The molecule has 25 heavy (non-hydrogen) atoms. The van der Waals surface area contributed by atoms with Gasteiger partial charge in [0.15, 0.2) is 0 Å². The van der Waals surface area contributed by atoms with Crippen molar-refractivity contribution in [1.29, 1.82) is 0 Å². The van der Waals surface area contributed by atoms with Crippen LogP contribution < -0.4 is 0 Å². The van der Waals surface area contributed by atoms with Crippen molar-refractivity contribution in [3.05, 3.63) is 47.5 Å². The van der Waals surface area contributed by atoms with E-state index in [2.05, 4.69) is 13.4 Å². The van der Waals surface area contributed by atoms with Crippen molar-refractivity contribution >= 4 is 26.0 Å². The highest BCUT2D eigenvalue weighted by Crippen LogP contribution is 2.80. The summed E-state index contributed by atoms with van der Waals surface area (Å²) in [6.07, 6.45) is 0. The summed E-state index contributed by atoms with van der Waals surface area (Å²) in [7, 11) is -10.1. The van der Waals surface area contributed by atoms with E-state index in [1.807, 2.05) is 0 Å². The third-order valence-corrected chi connectivity index (χ3v) is 8.49. The maximum Gasteiger partial charge on any atom is 0.411 e. The molecule has 136 valence electrons. The first-order valence-electron chi connectivity index (χ1n) is 6.85. The Labute approximate surface area is 139 Å². The SMILES string of the molecule is COP1(=O)OP(=O)(OC)C(F)(F)c2cccc3cc(ccc23)C1(F)F. The molecule has 4 rings (SSSR count). The van der Waals surface area contributed by atoms with E-state index in [1.165, 1.54) is 12.1 Å². The Hall–Kier alpha value is -1.24. The molecule has 2 unspecified atom stereocenters. The second-order valence-electron chi connectivity index (χ2n) is 5.27. The van der Waals surface area contributed by atoms with E-state index in [0.717, 1.165) is 24.3 Å². The van der Waals surface area contributed by atoms with Gasteiger partial charge < -0.3 is 9.05 Å². The maximum atomic E-state index is 14.9. The minimum atomic E-state index is -5.63. The minimum absolute atomic E-state index is 0.0292. The molecule has 11 heteroatoms. The van der Waals surface area contributed by atoms with Crippen LogP contribution in [-0.4, -0.2) is 14.2 Å². The maximum absolute atomic E-state index is 14.9. The normalized spacial score (nSPS) is 30.6. The van der Waals surface area contributed by atoms with E-state index >= 15 is 0 Å². The van der Waals surface area contributed by atoms with Crippen LogP contribution in [0.25, 0.3) is 10.8 Å². The summed E-state index contributed by atoms with van der Waals surface area (Å²) in [5.74, 6) is 0. The Bertz CT molecular complexity index is 946. The van der Waals surface area contributed by atoms with Crippen molar-refractivity contribution in [2.24, 2.45) is 0 Å². The van der Waals surface area contributed by atoms with Crippen molar-refractivity contribution < 1.29 is 40.0 Å². The zero-order chi connectivity index (χ0) is 18.7. The minimum Gasteiger partial charge on any atom is -0.307 e. The number of benzene rings is 2. The van der Waals surface area contributed by atoms with Crippen LogP contribution in [0.5, 0.6) is 0 Å². The third-order valence-electron chi connectivity index (χ3n) is 3.94. The van der Waals surface area contributed by atoms with E-state index in [0.29, 0.717) is 14.2 Å². The molecule has 2 aliphatic rings. The van der Waals surface area contributed by atoms with E-state index in [4.69, 9.17) is 0 Å². The first-order chi connectivity index (χ1) is 11.5. The van der Waals surface area contributed by atoms with Crippen LogP contribution in [0.1, 0.15) is 11.1 Å². The lowest BCUT2D eigenvalue weighted by Crippen LogP contribution is -2.23. The molecule has 2 aliphatic heterocycles. The molecular formula is C14H12F4O5P2. The lowest BCUT2D eigenvalue weighted by Gasteiger charge is -2.33. The summed E-state index contributed by atoms with van der Waals surface area (Å²) in [6, 6.07) is 6.27. The van der Waals surface area contributed by atoms with Crippen LogP contribution in [0.2, 0.25) is 0 Å². The Morgan fingerprint density at radius 3 is 2.12 bits per heavy atom. The van der Waals surface area contributed by atoms with Gasteiger partial charge in [-0.25, -0.2) is 4.31 Å². The summed E-state index contributed by atoms with van der Waals surface area (Å²) < 4.78 is 97.3. The Balaban J connectivity index is 2.50. The quantitative estimate of drug-likeness (QED) is 0.484. The molecule has 5 nitrogen and oxygen atoms in total. The van der Waals surface area contributed by atoms with Gasteiger partial charge in [0.2, 0.25) is 0 Å². The predicted octanol–water partition coefficient (Wildman–Crippen LogP) is 5.65. The van der Waals surface area contributed by atoms with Crippen LogP contribution in [0.15, 0.2) is 36.4 Å². The molecule has 2 aromatic rings. The summed E-state index contributed by atoms with van der Waals surface area (Å²) in [6.45, 7) is 0. The highest BCUT2D eigenvalue weighted by Gasteiger charge is 2.65. The molecule has 0 saturated heterocycles. The van der Waals surface area contributed by atoms with Gasteiger partial charge in [0.25, 0.3) is 0 Å². The summed E-state index contributed by atoms with van der Waals surface area (Å²) in [5.41, 5.74) is -10.2. The number of rotatable bonds is 2. The van der Waals surface area contributed by atoms with Crippen LogP contribution in [-0.2, 0) is 33.8 Å². The van der Waals surface area contributed by atoms with Gasteiger partial charge >= 0.3 is 26.5 Å². The van der Waals surface area contributed by atoms with E-state index < -0.39 is 37.6 Å². The number of fused-ring (bicyclic) bond motifs is 5. The van der Waals surface area contributed by atoms with Gasteiger partial charge in [0.1, 0.15) is 0 Å². The van der Waals surface area contributed by atoms with Crippen molar-refractivity contribution in [3.63, 3.8) is 0 Å². The van der Waals surface area contributed by atoms with Crippen molar-refractivity contribution in [2.45, 2.75) is 11.3 Å². The number of alkyl halides is 4. The van der Waals surface area contributed by atoms with Crippen molar-refractivity contribution in [1.82, 2.24) is 0 Å². The first-order valence-corrected chi connectivity index (χ1v) is 9.93. The monoisotopic (exact) mass is 398 g/mol. The molecule has 2 aromatic carbocycles. The zero-order valence-corrected chi connectivity index (χ0v) is 14.7. The van der Waals surface area contributed by atoms with Gasteiger partial charge in [0, 0.05) is 25.3 Å². The molecule has 2 atom stereocenters. The molecule has 0 saturated carbocycles. The Kier molecular flexibility index (Phi) is 4.18. The lowest BCUT2D eigenvalue weighted by molar-refractivity contribution is 0.0317. The predicted molar refractivity (Wildman–Crippen MR) is 82.1 cm³/mol. The average Bonchev–Trinajstić information content (AvgIpc) is 2.59. The second-order valence-corrected chi connectivity index (χ2v) is 9.76. The highest BCUT2D eigenvalue weighted by atomic mass is 31.3. The van der Waals surface area contributed by atoms with Crippen LogP contribution >= 0.6 is 15.2 Å². The lowest BCUT2D eigenvalue weighted by atomic mass is 10.0. The fourth-order valence-electron chi connectivity index (χ4n) is 2.58. The van der Waals surface area contributed by atoms with E-state index in [1.54, 1.807) is 0 Å². The molecule has 0 N–H and O–H groups in total. The van der Waals surface area contributed by atoms with Gasteiger partial charge in [0.05, 0.1) is 0 Å². The number of halogens is 4. The fraction of sp³-hybridized carbons (Fsp3) is 0.286. The average molecular weight is 398 g/mol. The Morgan fingerprint density at radius 2 is 1.52 bits per heavy atom. The van der Waals surface area contributed by atoms with Gasteiger partial charge in [-0.15, -0.1) is 0 Å². The molecule has 0 amide bonds. The van der Waals surface area contributed by atoms with E-state index in [9.17, 15) is 26.7 Å². The molecular weight excluding hydrogens is 386 g/mol. The number of hydrogen-bond acceptors (Lipinski definition) is 5.